The summed E-state index contributed by atoms with van der Waals surface area (Å²) in [5.74, 6) is 3.04. The topological polar surface area (TPSA) is 53.6 Å². The van der Waals surface area contributed by atoms with Crippen LogP contribution in [0.1, 0.15) is 36.8 Å². The van der Waals surface area contributed by atoms with Gasteiger partial charge in [-0.3, -0.25) is 9.89 Å². The number of nitrogens with zero attached hydrogens (tertiary/aromatic N) is 2. The molecule has 2 fully saturated rings. The molecule has 1 heterocycles. The molecule has 3 rings (SSSR count). The van der Waals surface area contributed by atoms with Gasteiger partial charge in [-0.25, -0.2) is 0 Å². The highest BCUT2D eigenvalue weighted by atomic mass is 127. The summed E-state index contributed by atoms with van der Waals surface area (Å²) in [6, 6.07) is 6.39. The quantitative estimate of drug-likeness (QED) is 0.394. The summed E-state index contributed by atoms with van der Waals surface area (Å²) < 4.78 is 0. The fraction of sp³-hybridized carbons (Fsp3) is 0.632. The van der Waals surface area contributed by atoms with Crippen molar-refractivity contribution in [3.8, 4) is 0 Å². The number of anilines is 1. The number of aryl methyl sites for hydroxylation is 2. The Kier molecular flexibility index (Phi) is 7.89. The third-order valence-corrected chi connectivity index (χ3v) is 6.20. The average molecular weight is 474 g/mol. The molecule has 0 spiro atoms. The van der Waals surface area contributed by atoms with Crippen molar-refractivity contribution in [1.29, 1.82) is 0 Å². The molecule has 1 aliphatic heterocycles. The standard InChI is InChI=1S/C19H30N4S.HI/c1-15-11-16(2)13-17(12-15)22-18(20)21-14-19(5-3-4-6-19)23-7-9-24-10-8-23;/h11-13H,3-10,14H2,1-2H3,(H3,20,21,22);1H. The lowest BCUT2D eigenvalue weighted by atomic mass is 9.95. The van der Waals surface area contributed by atoms with E-state index in [2.05, 4.69) is 54.0 Å². The molecule has 25 heavy (non-hydrogen) atoms. The Bertz CT molecular complexity index is 573. The predicted octanol–water partition coefficient (Wildman–Crippen LogP) is 4.01. The maximum atomic E-state index is 6.19. The summed E-state index contributed by atoms with van der Waals surface area (Å²) in [6.45, 7) is 7.43. The molecule has 1 saturated carbocycles. The van der Waals surface area contributed by atoms with E-state index in [0.717, 1.165) is 12.2 Å². The molecule has 0 bridgehead atoms. The van der Waals surface area contributed by atoms with Gasteiger partial charge in [-0.2, -0.15) is 11.8 Å². The number of aliphatic imine (C=N–C) groups is 1. The minimum atomic E-state index is 0. The van der Waals surface area contributed by atoms with Crippen molar-refractivity contribution in [3.63, 3.8) is 0 Å². The van der Waals surface area contributed by atoms with Crippen molar-refractivity contribution in [1.82, 2.24) is 4.90 Å². The molecule has 6 heteroatoms. The van der Waals surface area contributed by atoms with Gasteiger partial charge < -0.3 is 11.1 Å². The first-order valence-corrected chi connectivity index (χ1v) is 10.2. The Balaban J connectivity index is 0.00000225. The van der Waals surface area contributed by atoms with Gasteiger partial charge in [0.05, 0.1) is 6.54 Å². The van der Waals surface area contributed by atoms with Crippen LogP contribution in [-0.2, 0) is 0 Å². The maximum absolute atomic E-state index is 6.19. The summed E-state index contributed by atoms with van der Waals surface area (Å²) >= 11 is 2.07. The van der Waals surface area contributed by atoms with Crippen LogP contribution in [0.4, 0.5) is 5.69 Å². The highest BCUT2D eigenvalue weighted by Gasteiger charge is 2.39. The van der Waals surface area contributed by atoms with Gasteiger partial charge in [0.25, 0.3) is 0 Å². The zero-order valence-corrected chi connectivity index (χ0v) is 18.5. The van der Waals surface area contributed by atoms with Crippen LogP contribution in [0.3, 0.4) is 0 Å². The van der Waals surface area contributed by atoms with E-state index in [0.29, 0.717) is 5.96 Å². The highest BCUT2D eigenvalue weighted by Crippen LogP contribution is 2.37. The summed E-state index contributed by atoms with van der Waals surface area (Å²) in [5, 5.41) is 3.27. The smallest absolute Gasteiger partial charge is 0.193 e. The third-order valence-electron chi connectivity index (χ3n) is 5.25. The Hall–Kier alpha value is -0.470. The Labute approximate surface area is 173 Å². The van der Waals surface area contributed by atoms with Crippen LogP contribution < -0.4 is 11.1 Å². The lowest BCUT2D eigenvalue weighted by Gasteiger charge is -2.42. The molecule has 0 unspecified atom stereocenters. The predicted molar refractivity (Wildman–Crippen MR) is 122 cm³/mol. The van der Waals surface area contributed by atoms with Crippen LogP contribution in [0.15, 0.2) is 23.2 Å². The molecule has 1 aromatic rings. The van der Waals surface area contributed by atoms with Crippen molar-refractivity contribution in [2.24, 2.45) is 10.7 Å². The zero-order valence-electron chi connectivity index (χ0n) is 15.4. The molecular formula is C19H31IN4S. The SMILES string of the molecule is Cc1cc(C)cc(NC(N)=NCC2(N3CCSCC3)CCCC2)c1.I. The molecule has 0 aromatic heterocycles. The number of nitrogens with two attached hydrogens (primary N) is 1. The van der Waals surface area contributed by atoms with Gasteiger partial charge in [0.1, 0.15) is 0 Å². The largest absolute Gasteiger partial charge is 0.370 e. The molecule has 2 aliphatic rings. The Morgan fingerprint density at radius 1 is 1.16 bits per heavy atom. The first-order chi connectivity index (χ1) is 11.6. The maximum Gasteiger partial charge on any atom is 0.193 e. The number of rotatable bonds is 4. The van der Waals surface area contributed by atoms with E-state index in [-0.39, 0.29) is 29.5 Å². The van der Waals surface area contributed by atoms with E-state index < -0.39 is 0 Å². The molecule has 140 valence electrons. The van der Waals surface area contributed by atoms with E-state index in [9.17, 15) is 0 Å². The minimum Gasteiger partial charge on any atom is -0.370 e. The monoisotopic (exact) mass is 474 g/mol. The van der Waals surface area contributed by atoms with Crippen molar-refractivity contribution >= 4 is 47.4 Å². The second kappa shape index (κ2) is 9.46. The van der Waals surface area contributed by atoms with Crippen LogP contribution in [0.2, 0.25) is 0 Å². The minimum absolute atomic E-state index is 0. The van der Waals surface area contributed by atoms with E-state index in [1.807, 2.05) is 0 Å². The number of nitrogens with one attached hydrogen (secondary N) is 1. The first kappa shape index (κ1) is 20.8. The van der Waals surface area contributed by atoms with Crippen LogP contribution in [0, 0.1) is 13.8 Å². The molecule has 1 aromatic carbocycles. The molecule has 0 amide bonds. The lowest BCUT2D eigenvalue weighted by molar-refractivity contribution is 0.112. The summed E-state index contributed by atoms with van der Waals surface area (Å²) in [4.78, 5) is 7.43. The van der Waals surface area contributed by atoms with Gasteiger partial charge in [0.2, 0.25) is 0 Å². The van der Waals surface area contributed by atoms with Gasteiger partial charge in [0, 0.05) is 35.8 Å². The zero-order chi connectivity index (χ0) is 17.0. The van der Waals surface area contributed by atoms with Crippen LogP contribution in [0.25, 0.3) is 0 Å². The second-order valence-corrected chi connectivity index (χ2v) is 8.46. The van der Waals surface area contributed by atoms with Crippen LogP contribution >= 0.6 is 35.7 Å². The summed E-state index contributed by atoms with van der Waals surface area (Å²) in [7, 11) is 0. The number of hydrogen-bond acceptors (Lipinski definition) is 3. The number of benzene rings is 1. The van der Waals surface area contributed by atoms with Crippen molar-refractivity contribution < 1.29 is 0 Å². The molecular weight excluding hydrogens is 443 g/mol. The fourth-order valence-corrected chi connectivity index (χ4v) is 5.01. The number of hydrogen-bond donors (Lipinski definition) is 2. The van der Waals surface area contributed by atoms with Gasteiger partial charge in [-0.05, 0) is 49.9 Å². The lowest BCUT2D eigenvalue weighted by Crippen LogP contribution is -2.52. The fourth-order valence-electron chi connectivity index (χ4n) is 4.11. The highest BCUT2D eigenvalue weighted by molar-refractivity contribution is 14.0. The molecule has 0 atom stereocenters. The van der Waals surface area contributed by atoms with Crippen molar-refractivity contribution in [3.05, 3.63) is 29.3 Å². The van der Waals surface area contributed by atoms with Gasteiger partial charge in [-0.1, -0.05) is 18.9 Å². The molecule has 4 nitrogen and oxygen atoms in total. The molecule has 1 saturated heterocycles. The van der Waals surface area contributed by atoms with Gasteiger partial charge in [-0.15, -0.1) is 24.0 Å². The van der Waals surface area contributed by atoms with E-state index in [4.69, 9.17) is 10.7 Å². The summed E-state index contributed by atoms with van der Waals surface area (Å²) in [6.07, 6.45) is 5.17. The molecule has 0 radical (unpaired) electrons. The van der Waals surface area contributed by atoms with E-state index in [1.165, 1.54) is 61.4 Å². The van der Waals surface area contributed by atoms with Crippen LogP contribution in [-0.4, -0.2) is 47.5 Å². The van der Waals surface area contributed by atoms with Crippen LogP contribution in [0.5, 0.6) is 0 Å². The van der Waals surface area contributed by atoms with E-state index >= 15 is 0 Å². The van der Waals surface area contributed by atoms with E-state index in [1.54, 1.807) is 0 Å². The van der Waals surface area contributed by atoms with Crippen molar-refractivity contribution in [2.75, 3.05) is 36.5 Å². The normalized spacial score (nSPS) is 21.0. The third kappa shape index (κ3) is 5.50. The number of guanidine groups is 1. The number of thioether (sulfide) groups is 1. The van der Waals surface area contributed by atoms with Crippen molar-refractivity contribution in [2.45, 2.75) is 45.1 Å². The molecule has 1 aliphatic carbocycles. The first-order valence-electron chi connectivity index (χ1n) is 9.05. The Morgan fingerprint density at radius 3 is 2.36 bits per heavy atom. The van der Waals surface area contributed by atoms with Gasteiger partial charge >= 0.3 is 0 Å². The molecule has 3 N–H and O–H groups in total. The number of halogens is 1. The average Bonchev–Trinajstić information content (AvgIpc) is 3.03. The summed E-state index contributed by atoms with van der Waals surface area (Å²) in [5.41, 5.74) is 9.94. The Morgan fingerprint density at radius 2 is 1.76 bits per heavy atom. The van der Waals surface area contributed by atoms with Gasteiger partial charge in [0.15, 0.2) is 5.96 Å². The second-order valence-electron chi connectivity index (χ2n) is 7.23.